The molecule has 1 aromatic rings. The molecule has 140 valence electrons. The van der Waals surface area contributed by atoms with Gasteiger partial charge in [0.15, 0.2) is 0 Å². The lowest BCUT2D eigenvalue weighted by molar-refractivity contribution is -0.126. The second-order valence-corrected chi connectivity index (χ2v) is 8.74. The molecule has 7 nitrogen and oxygen atoms in total. The van der Waals surface area contributed by atoms with Crippen molar-refractivity contribution in [3.63, 3.8) is 0 Å². The number of hydrogen-bond donors (Lipinski definition) is 1. The van der Waals surface area contributed by atoms with E-state index in [4.69, 9.17) is 4.74 Å². The highest BCUT2D eigenvalue weighted by molar-refractivity contribution is 7.89. The first-order valence-electron chi connectivity index (χ1n) is 8.35. The number of carbonyl (C=O) groups excluding carboxylic acids is 1. The molecule has 1 heterocycles. The van der Waals surface area contributed by atoms with Crippen LogP contribution in [0.3, 0.4) is 0 Å². The van der Waals surface area contributed by atoms with E-state index in [1.807, 2.05) is 13.8 Å². The van der Waals surface area contributed by atoms with Crippen LogP contribution in [0.4, 0.5) is 0 Å². The number of rotatable bonds is 6. The molecular weight excluding hydrogens is 342 g/mol. The molecule has 0 unspecified atom stereocenters. The summed E-state index contributed by atoms with van der Waals surface area (Å²) in [6.07, 6.45) is 0.199. The minimum atomic E-state index is -3.54. The smallest absolute Gasteiger partial charge is 0.242 e. The van der Waals surface area contributed by atoms with Gasteiger partial charge >= 0.3 is 0 Å². The van der Waals surface area contributed by atoms with Crippen LogP contribution < -0.4 is 5.32 Å². The molecule has 2 atom stereocenters. The molecule has 0 saturated carbocycles. The van der Waals surface area contributed by atoms with E-state index in [2.05, 4.69) is 10.2 Å². The van der Waals surface area contributed by atoms with Gasteiger partial charge < -0.3 is 10.1 Å². The lowest BCUT2D eigenvalue weighted by Gasteiger charge is -2.34. The number of nitrogens with one attached hydrogen (secondary N) is 1. The van der Waals surface area contributed by atoms with Crippen LogP contribution in [0.5, 0.6) is 0 Å². The Hall–Kier alpha value is -1.48. The van der Waals surface area contributed by atoms with Crippen molar-refractivity contribution in [2.75, 3.05) is 33.7 Å². The first-order chi connectivity index (χ1) is 11.7. The van der Waals surface area contributed by atoms with Crippen LogP contribution >= 0.6 is 0 Å². The Balaban J connectivity index is 1.99. The third-order valence-electron chi connectivity index (χ3n) is 4.07. The van der Waals surface area contributed by atoms with E-state index in [9.17, 15) is 13.2 Å². The van der Waals surface area contributed by atoms with Gasteiger partial charge in [-0.05, 0) is 25.5 Å². The highest BCUT2D eigenvalue weighted by atomic mass is 32.2. The van der Waals surface area contributed by atoms with Crippen molar-refractivity contribution < 1.29 is 17.9 Å². The predicted molar refractivity (Wildman–Crippen MR) is 95.6 cm³/mol. The third-order valence-corrected chi connectivity index (χ3v) is 5.99. The Kier molecular flexibility index (Phi) is 6.56. The molecule has 0 aromatic heterocycles. The molecule has 1 aliphatic rings. The van der Waals surface area contributed by atoms with Crippen LogP contribution in [0.2, 0.25) is 0 Å². The van der Waals surface area contributed by atoms with Gasteiger partial charge in [-0.1, -0.05) is 18.2 Å². The number of sulfonamides is 1. The molecule has 1 aromatic carbocycles. The highest BCUT2D eigenvalue weighted by Gasteiger charge is 2.24. The highest BCUT2D eigenvalue weighted by Crippen LogP contribution is 2.18. The van der Waals surface area contributed by atoms with Crippen molar-refractivity contribution in [1.82, 2.24) is 14.5 Å². The molecule has 1 saturated heterocycles. The van der Waals surface area contributed by atoms with Crippen LogP contribution in [0, 0.1) is 0 Å². The molecule has 2 rings (SSSR count). The first kappa shape index (κ1) is 19.8. The van der Waals surface area contributed by atoms with Crippen molar-refractivity contribution >= 4 is 15.9 Å². The molecule has 1 amide bonds. The molecular formula is C17H27N3O4S. The maximum absolute atomic E-state index is 12.4. The number of benzene rings is 1. The Bertz CT molecular complexity index is 696. The fraction of sp³-hybridized carbons (Fsp3) is 0.588. The quantitative estimate of drug-likeness (QED) is 0.797. The van der Waals surface area contributed by atoms with E-state index < -0.39 is 10.0 Å². The first-order valence-corrected chi connectivity index (χ1v) is 9.79. The van der Waals surface area contributed by atoms with E-state index >= 15 is 0 Å². The maximum Gasteiger partial charge on any atom is 0.242 e. The number of nitrogens with zero attached hydrogens (tertiary/aromatic N) is 2. The standard InChI is InChI=1S/C17H27N3O4S/c1-13-10-20(11-14(2)24-13)12-17(21)18-9-15-7-5-6-8-16(15)25(22,23)19(3)4/h5-8,13-14H,9-12H2,1-4H3,(H,18,21)/t13-,14-/m0/s1. The zero-order valence-electron chi connectivity index (χ0n) is 15.2. The summed E-state index contributed by atoms with van der Waals surface area (Å²) in [5, 5.41) is 2.82. The van der Waals surface area contributed by atoms with Gasteiger partial charge in [0, 0.05) is 33.7 Å². The van der Waals surface area contributed by atoms with Crippen LogP contribution in [0.15, 0.2) is 29.2 Å². The van der Waals surface area contributed by atoms with Crippen molar-refractivity contribution in [2.45, 2.75) is 37.5 Å². The van der Waals surface area contributed by atoms with Gasteiger partial charge in [-0.3, -0.25) is 9.69 Å². The number of amides is 1. The van der Waals surface area contributed by atoms with Crippen LogP contribution in [0.25, 0.3) is 0 Å². The fourth-order valence-corrected chi connectivity index (χ4v) is 4.08. The third kappa shape index (κ3) is 5.24. The average Bonchev–Trinajstić information content (AvgIpc) is 2.52. The Labute approximate surface area is 150 Å². The van der Waals surface area contributed by atoms with Gasteiger partial charge in [-0.15, -0.1) is 0 Å². The lowest BCUT2D eigenvalue weighted by Crippen LogP contribution is -2.49. The molecule has 1 N–H and O–H groups in total. The van der Waals surface area contributed by atoms with Crippen molar-refractivity contribution in [1.29, 1.82) is 0 Å². The van der Waals surface area contributed by atoms with Crippen molar-refractivity contribution in [3.05, 3.63) is 29.8 Å². The number of ether oxygens (including phenoxy) is 1. The summed E-state index contributed by atoms with van der Waals surface area (Å²) < 4.78 is 31.6. The van der Waals surface area contributed by atoms with Crippen molar-refractivity contribution in [3.8, 4) is 0 Å². The lowest BCUT2D eigenvalue weighted by atomic mass is 10.2. The number of hydrogen-bond acceptors (Lipinski definition) is 5. The summed E-state index contributed by atoms with van der Waals surface area (Å²) in [7, 11) is -0.559. The summed E-state index contributed by atoms with van der Waals surface area (Å²) in [4.78, 5) is 14.5. The van der Waals surface area contributed by atoms with E-state index in [0.717, 1.165) is 0 Å². The SMILES string of the molecule is C[C@H]1CN(CC(=O)NCc2ccccc2S(=O)(=O)N(C)C)C[C@H](C)O1. The zero-order valence-corrected chi connectivity index (χ0v) is 16.0. The second kappa shape index (κ2) is 8.27. The van der Waals surface area contributed by atoms with E-state index in [1.54, 1.807) is 24.3 Å². The van der Waals surface area contributed by atoms with Crippen LogP contribution in [0.1, 0.15) is 19.4 Å². The average molecular weight is 369 g/mol. The monoisotopic (exact) mass is 369 g/mol. The summed E-state index contributed by atoms with van der Waals surface area (Å²) in [5.41, 5.74) is 0.577. The molecule has 1 fully saturated rings. The molecule has 0 radical (unpaired) electrons. The molecule has 25 heavy (non-hydrogen) atoms. The molecule has 0 bridgehead atoms. The summed E-state index contributed by atoms with van der Waals surface area (Å²) in [5.74, 6) is -0.127. The Morgan fingerprint density at radius 3 is 2.44 bits per heavy atom. The van der Waals surface area contributed by atoms with Gasteiger partial charge in [0.25, 0.3) is 0 Å². The van der Waals surface area contributed by atoms with Gasteiger partial charge in [-0.25, -0.2) is 12.7 Å². The van der Waals surface area contributed by atoms with E-state index in [1.165, 1.54) is 18.4 Å². The second-order valence-electron chi connectivity index (χ2n) is 6.62. The van der Waals surface area contributed by atoms with Crippen LogP contribution in [-0.2, 0) is 26.1 Å². The van der Waals surface area contributed by atoms with Gasteiger partial charge in [0.2, 0.25) is 15.9 Å². The summed E-state index contributed by atoms with van der Waals surface area (Å²) in [6, 6.07) is 6.72. The zero-order chi connectivity index (χ0) is 18.6. The minimum absolute atomic E-state index is 0.0995. The summed E-state index contributed by atoms with van der Waals surface area (Å²) >= 11 is 0. The molecule has 8 heteroatoms. The number of morpholine rings is 1. The predicted octanol–water partition coefficient (Wildman–Crippen LogP) is 0.662. The topological polar surface area (TPSA) is 79.0 Å². The largest absolute Gasteiger partial charge is 0.373 e. The van der Waals surface area contributed by atoms with E-state index in [-0.39, 0.29) is 36.1 Å². The van der Waals surface area contributed by atoms with Gasteiger partial charge in [0.05, 0.1) is 23.6 Å². The van der Waals surface area contributed by atoms with Crippen LogP contribution in [-0.4, -0.2) is 69.5 Å². The van der Waals surface area contributed by atoms with E-state index in [0.29, 0.717) is 18.7 Å². The maximum atomic E-state index is 12.4. The van der Waals surface area contributed by atoms with Gasteiger partial charge in [-0.2, -0.15) is 0 Å². The van der Waals surface area contributed by atoms with Gasteiger partial charge in [0.1, 0.15) is 0 Å². The molecule has 0 aliphatic carbocycles. The fourth-order valence-electron chi connectivity index (χ4n) is 2.96. The summed E-state index contributed by atoms with van der Waals surface area (Å²) in [6.45, 7) is 5.86. The normalized spacial score (nSPS) is 22.1. The molecule has 1 aliphatic heterocycles. The Morgan fingerprint density at radius 2 is 1.84 bits per heavy atom. The minimum Gasteiger partial charge on any atom is -0.373 e. The van der Waals surface area contributed by atoms with Crippen molar-refractivity contribution in [2.24, 2.45) is 0 Å². The molecule has 0 spiro atoms. The number of carbonyl (C=O) groups is 1. The Morgan fingerprint density at radius 1 is 1.24 bits per heavy atom.